The molecule has 0 aromatic heterocycles. The largest absolute Gasteiger partial charge is 0.478 e. The highest BCUT2D eigenvalue weighted by Crippen LogP contribution is 2.66. The number of Topliss-reactive ketones (excluding diaryl/α,β-unsaturated/α-hetero) is 2. The highest BCUT2D eigenvalue weighted by molar-refractivity contribution is 5.99. The summed E-state index contributed by atoms with van der Waals surface area (Å²) in [6.45, 7) is 6.87. The van der Waals surface area contributed by atoms with Crippen LogP contribution in [0.1, 0.15) is 73.5 Å². The van der Waals surface area contributed by atoms with Crippen LogP contribution in [0.5, 0.6) is 0 Å². The molecule has 2 aliphatic carbocycles. The second-order valence-electron chi connectivity index (χ2n) is 11.0. The third-order valence-corrected chi connectivity index (χ3v) is 8.10. The smallest absolute Gasteiger partial charge is 0.176 e. The topological polar surface area (TPSA) is 46.6 Å². The van der Waals surface area contributed by atoms with E-state index in [9.17, 15) is 9.59 Å². The van der Waals surface area contributed by atoms with Crippen LogP contribution in [0.4, 0.5) is 0 Å². The summed E-state index contributed by atoms with van der Waals surface area (Å²) in [5.74, 6) is 1.27. The van der Waals surface area contributed by atoms with E-state index >= 15 is 0 Å². The number of rotatable bonds is 3. The predicted octanol–water partition coefficient (Wildman–Crippen LogP) is 5.42. The van der Waals surface area contributed by atoms with E-state index in [0.717, 1.165) is 29.7 Å². The first-order valence-corrected chi connectivity index (χ1v) is 11.6. The number of carbonyl (C=O) groups is 2. The number of carbonyl (C=O) groups excluding carboxylic acids is 2. The number of piperidine rings is 1. The van der Waals surface area contributed by atoms with Gasteiger partial charge in [-0.2, -0.15) is 0 Å². The number of nitrogens with zero attached hydrogens (tertiary/aromatic N) is 1. The maximum absolute atomic E-state index is 13.4. The molecule has 164 valence electrons. The molecule has 4 bridgehead atoms. The number of benzene rings is 2. The Morgan fingerprint density at radius 2 is 1.69 bits per heavy atom. The average molecular weight is 428 g/mol. The van der Waals surface area contributed by atoms with E-state index in [1.165, 1.54) is 11.1 Å². The number of ether oxygens (including phenoxy) is 1. The van der Waals surface area contributed by atoms with Crippen LogP contribution in [0, 0.1) is 10.8 Å². The van der Waals surface area contributed by atoms with E-state index in [1.807, 2.05) is 30.3 Å². The highest BCUT2D eigenvalue weighted by atomic mass is 16.5. The molecule has 7 rings (SSSR count). The van der Waals surface area contributed by atoms with Gasteiger partial charge in [-0.1, -0.05) is 75.4 Å². The number of ketones is 2. The Bertz CT molecular complexity index is 1160. The fourth-order valence-electron chi connectivity index (χ4n) is 6.83. The van der Waals surface area contributed by atoms with Gasteiger partial charge >= 0.3 is 0 Å². The summed E-state index contributed by atoms with van der Waals surface area (Å²) in [6, 6.07) is 18.1. The molecule has 0 spiro atoms. The lowest BCUT2D eigenvalue weighted by Crippen LogP contribution is -2.62. The van der Waals surface area contributed by atoms with Crippen molar-refractivity contribution in [1.29, 1.82) is 0 Å². The Hall–Kier alpha value is -2.72. The zero-order valence-corrected chi connectivity index (χ0v) is 18.9. The molecule has 4 atom stereocenters. The molecule has 3 aliphatic heterocycles. The molecule has 0 N–H and O–H groups in total. The molecule has 2 aromatic carbocycles. The molecule has 0 radical (unpaired) electrons. The van der Waals surface area contributed by atoms with Gasteiger partial charge in [-0.3, -0.25) is 14.5 Å². The molecule has 0 amide bonds. The van der Waals surface area contributed by atoms with Crippen molar-refractivity contribution in [1.82, 2.24) is 4.90 Å². The first kappa shape index (κ1) is 19.9. The first-order chi connectivity index (χ1) is 15.3. The second kappa shape index (κ2) is 6.64. The normalized spacial score (nSPS) is 32.2. The van der Waals surface area contributed by atoms with Crippen LogP contribution in [0.15, 0.2) is 65.9 Å². The lowest BCUT2D eigenvalue weighted by Gasteiger charge is -2.63. The van der Waals surface area contributed by atoms with Gasteiger partial charge < -0.3 is 4.74 Å². The monoisotopic (exact) mass is 427 g/mol. The number of hydrogen-bond donors (Lipinski definition) is 0. The highest BCUT2D eigenvalue weighted by Gasteiger charge is 2.63. The van der Waals surface area contributed by atoms with Gasteiger partial charge in [-0.15, -0.1) is 0 Å². The Balaban J connectivity index is 1.47. The molecule has 4 nitrogen and oxygen atoms in total. The summed E-state index contributed by atoms with van der Waals surface area (Å²) < 4.78 is 6.71. The summed E-state index contributed by atoms with van der Waals surface area (Å²) in [6.07, 6.45) is 1.98. The molecule has 3 heterocycles. The molecule has 1 saturated heterocycles. The molecular weight excluding hydrogens is 398 g/mol. The van der Waals surface area contributed by atoms with Crippen molar-refractivity contribution in [2.45, 2.75) is 58.2 Å². The van der Waals surface area contributed by atoms with Crippen LogP contribution in [0.3, 0.4) is 0 Å². The molecule has 1 fully saturated rings. The SMILES string of the molecule is CC1(C)CC(=O)C2=C(C1)OC1C3c4ccccc4C(CC23C)N1CC(=O)c1ccccc1. The van der Waals surface area contributed by atoms with Gasteiger partial charge in [0.05, 0.1) is 6.54 Å². The van der Waals surface area contributed by atoms with E-state index in [0.29, 0.717) is 13.0 Å². The fourth-order valence-corrected chi connectivity index (χ4v) is 6.83. The average Bonchev–Trinajstić information content (AvgIpc) is 2.74. The van der Waals surface area contributed by atoms with E-state index in [1.54, 1.807) is 0 Å². The molecule has 4 heteroatoms. The van der Waals surface area contributed by atoms with Gasteiger partial charge in [0, 0.05) is 41.4 Å². The van der Waals surface area contributed by atoms with E-state index in [-0.39, 0.29) is 40.6 Å². The second-order valence-corrected chi connectivity index (χ2v) is 11.0. The van der Waals surface area contributed by atoms with Crippen LogP contribution >= 0.6 is 0 Å². The minimum absolute atomic E-state index is 0.0520. The predicted molar refractivity (Wildman–Crippen MR) is 122 cm³/mol. The maximum atomic E-state index is 13.4. The van der Waals surface area contributed by atoms with E-state index in [2.05, 4.69) is 49.9 Å². The Kier molecular flexibility index (Phi) is 4.14. The minimum Gasteiger partial charge on any atom is -0.478 e. The van der Waals surface area contributed by atoms with Crippen molar-refractivity contribution < 1.29 is 14.3 Å². The third kappa shape index (κ3) is 2.72. The fraction of sp³-hybridized carbons (Fsp3) is 0.429. The van der Waals surface area contributed by atoms with Gasteiger partial charge in [0.1, 0.15) is 5.76 Å². The zero-order chi connectivity index (χ0) is 22.3. The maximum Gasteiger partial charge on any atom is 0.176 e. The van der Waals surface area contributed by atoms with Crippen molar-refractivity contribution in [2.24, 2.45) is 10.8 Å². The van der Waals surface area contributed by atoms with Crippen LogP contribution in [-0.4, -0.2) is 29.2 Å². The van der Waals surface area contributed by atoms with Crippen molar-refractivity contribution in [3.63, 3.8) is 0 Å². The first-order valence-electron chi connectivity index (χ1n) is 11.6. The summed E-state index contributed by atoms with van der Waals surface area (Å²) in [5.41, 5.74) is 3.87. The van der Waals surface area contributed by atoms with Crippen LogP contribution in [0.25, 0.3) is 0 Å². The number of allylic oxidation sites excluding steroid dienone is 2. The number of hydrogen-bond acceptors (Lipinski definition) is 4. The van der Waals surface area contributed by atoms with Gasteiger partial charge in [0.2, 0.25) is 0 Å². The third-order valence-electron chi connectivity index (χ3n) is 8.10. The van der Waals surface area contributed by atoms with Crippen molar-refractivity contribution >= 4 is 11.6 Å². The minimum atomic E-state index is -0.253. The molecule has 5 aliphatic rings. The Labute approximate surface area is 189 Å². The van der Waals surface area contributed by atoms with Crippen LogP contribution < -0.4 is 0 Å². The molecular formula is C28H29NO3. The summed E-state index contributed by atoms with van der Waals surface area (Å²) in [7, 11) is 0. The van der Waals surface area contributed by atoms with Gasteiger partial charge in [0.15, 0.2) is 17.8 Å². The van der Waals surface area contributed by atoms with Crippen LogP contribution in [0.2, 0.25) is 0 Å². The molecule has 0 saturated carbocycles. The summed E-state index contributed by atoms with van der Waals surface area (Å²) >= 11 is 0. The van der Waals surface area contributed by atoms with Gasteiger partial charge in [-0.05, 0) is 23.0 Å². The Morgan fingerprint density at radius 3 is 2.44 bits per heavy atom. The zero-order valence-electron chi connectivity index (χ0n) is 18.9. The summed E-state index contributed by atoms with van der Waals surface area (Å²) in [4.78, 5) is 28.9. The standard InChI is InChI=1S/C28H29NO3/c1-27(2)14-21(30)25-23(15-27)32-26-24-19-12-8-7-11-18(19)20(13-28(24,25)3)29(26)16-22(31)17-9-5-4-6-10-17/h4-12,20,24,26H,13-16H2,1-3H3. The Morgan fingerprint density at radius 1 is 1.00 bits per heavy atom. The van der Waals surface area contributed by atoms with Crippen LogP contribution in [-0.2, 0) is 9.53 Å². The van der Waals surface area contributed by atoms with Crippen molar-refractivity contribution in [2.75, 3.05) is 6.54 Å². The van der Waals surface area contributed by atoms with Crippen molar-refractivity contribution in [3.8, 4) is 0 Å². The lowest BCUT2D eigenvalue weighted by atomic mass is 9.52. The molecule has 2 aromatic rings. The lowest BCUT2D eigenvalue weighted by molar-refractivity contribution is -0.163. The van der Waals surface area contributed by atoms with Gasteiger partial charge in [-0.25, -0.2) is 0 Å². The van der Waals surface area contributed by atoms with E-state index in [4.69, 9.17) is 4.74 Å². The van der Waals surface area contributed by atoms with Crippen molar-refractivity contribution in [3.05, 3.63) is 82.6 Å². The molecule has 4 unspecified atom stereocenters. The summed E-state index contributed by atoms with van der Waals surface area (Å²) in [5, 5.41) is 0. The van der Waals surface area contributed by atoms with E-state index < -0.39 is 0 Å². The molecule has 32 heavy (non-hydrogen) atoms. The quantitative estimate of drug-likeness (QED) is 0.614. The van der Waals surface area contributed by atoms with Gasteiger partial charge in [0.25, 0.3) is 0 Å².